The Bertz CT molecular complexity index is 527. The lowest BCUT2D eigenvalue weighted by Gasteiger charge is -2.11. The summed E-state index contributed by atoms with van der Waals surface area (Å²) in [6.07, 6.45) is 7.22. The lowest BCUT2D eigenvalue weighted by atomic mass is 10.1. The van der Waals surface area contributed by atoms with Crippen LogP contribution < -0.4 is 5.32 Å². The van der Waals surface area contributed by atoms with E-state index in [0.29, 0.717) is 6.04 Å². The van der Waals surface area contributed by atoms with E-state index in [1.165, 1.54) is 31.2 Å². The van der Waals surface area contributed by atoms with Gasteiger partial charge in [-0.2, -0.15) is 5.10 Å². The van der Waals surface area contributed by atoms with Gasteiger partial charge in [0.15, 0.2) is 0 Å². The lowest BCUT2D eigenvalue weighted by Crippen LogP contribution is -2.25. The van der Waals surface area contributed by atoms with E-state index in [0.717, 1.165) is 22.8 Å². The summed E-state index contributed by atoms with van der Waals surface area (Å²) >= 11 is 5.92. The maximum atomic E-state index is 5.92. The van der Waals surface area contributed by atoms with Crippen LogP contribution >= 0.6 is 11.6 Å². The van der Waals surface area contributed by atoms with Gasteiger partial charge in [-0.1, -0.05) is 36.6 Å². The normalized spacial score (nSPS) is 16.1. The van der Waals surface area contributed by atoms with Gasteiger partial charge in [0.05, 0.1) is 11.9 Å². The van der Waals surface area contributed by atoms with Crippen LogP contribution in [0.1, 0.15) is 31.2 Å². The van der Waals surface area contributed by atoms with E-state index in [4.69, 9.17) is 11.6 Å². The van der Waals surface area contributed by atoms with Gasteiger partial charge in [0.25, 0.3) is 0 Å². The first-order valence-corrected chi connectivity index (χ1v) is 7.22. The van der Waals surface area contributed by atoms with E-state index in [1.54, 1.807) is 0 Å². The average molecular weight is 276 g/mol. The lowest BCUT2D eigenvalue weighted by molar-refractivity contribution is 0.525. The van der Waals surface area contributed by atoms with Crippen molar-refractivity contribution in [3.63, 3.8) is 0 Å². The summed E-state index contributed by atoms with van der Waals surface area (Å²) in [4.78, 5) is 0. The van der Waals surface area contributed by atoms with E-state index in [1.807, 2.05) is 30.5 Å². The van der Waals surface area contributed by atoms with Crippen LogP contribution in [0.5, 0.6) is 0 Å². The van der Waals surface area contributed by atoms with Crippen molar-refractivity contribution in [3.05, 3.63) is 41.0 Å². The summed E-state index contributed by atoms with van der Waals surface area (Å²) in [5.41, 5.74) is 3.43. The minimum atomic E-state index is 0.674. The van der Waals surface area contributed by atoms with Crippen molar-refractivity contribution in [2.24, 2.45) is 0 Å². The molecule has 0 saturated heterocycles. The van der Waals surface area contributed by atoms with E-state index in [9.17, 15) is 0 Å². The molecule has 1 aromatic carbocycles. The summed E-state index contributed by atoms with van der Waals surface area (Å²) in [5, 5.41) is 11.6. The number of rotatable bonds is 4. The molecule has 2 N–H and O–H groups in total. The number of hydrogen-bond donors (Lipinski definition) is 2. The van der Waals surface area contributed by atoms with Gasteiger partial charge in [0.2, 0.25) is 0 Å². The molecule has 1 aliphatic rings. The summed E-state index contributed by atoms with van der Waals surface area (Å²) in [6, 6.07) is 8.54. The fourth-order valence-electron chi connectivity index (χ4n) is 2.70. The van der Waals surface area contributed by atoms with Crippen LogP contribution in [0.3, 0.4) is 0 Å². The van der Waals surface area contributed by atoms with E-state index in [2.05, 4.69) is 15.5 Å². The molecule has 0 amide bonds. The highest BCUT2D eigenvalue weighted by molar-refractivity contribution is 6.30. The maximum Gasteiger partial charge on any atom is 0.0695 e. The van der Waals surface area contributed by atoms with Crippen molar-refractivity contribution in [2.45, 2.75) is 38.3 Å². The molecule has 1 heterocycles. The SMILES string of the molecule is Clc1ccc(-c2[nH]ncc2CNC2CCCC2)cc1. The third-order valence-corrected chi connectivity index (χ3v) is 4.04. The van der Waals surface area contributed by atoms with Crippen LogP contribution in [0.2, 0.25) is 5.02 Å². The molecule has 1 aromatic heterocycles. The molecule has 3 rings (SSSR count). The Kier molecular flexibility index (Phi) is 3.85. The molecule has 4 heteroatoms. The first-order valence-electron chi connectivity index (χ1n) is 6.84. The minimum Gasteiger partial charge on any atom is -0.310 e. The van der Waals surface area contributed by atoms with Crippen LogP contribution in [-0.4, -0.2) is 16.2 Å². The molecule has 19 heavy (non-hydrogen) atoms. The Morgan fingerprint density at radius 2 is 1.95 bits per heavy atom. The zero-order valence-electron chi connectivity index (χ0n) is 10.8. The quantitative estimate of drug-likeness (QED) is 0.892. The van der Waals surface area contributed by atoms with Gasteiger partial charge in [-0.05, 0) is 30.5 Å². The molecule has 2 aromatic rings. The zero-order chi connectivity index (χ0) is 13.1. The Labute approximate surface area is 118 Å². The number of hydrogen-bond acceptors (Lipinski definition) is 2. The van der Waals surface area contributed by atoms with Crippen molar-refractivity contribution in [1.29, 1.82) is 0 Å². The standard InChI is InChI=1S/C15H18ClN3/c16-13-7-5-11(6-8-13)15-12(10-18-19-15)9-17-14-3-1-2-4-14/h5-8,10,14,17H,1-4,9H2,(H,18,19). The third-order valence-electron chi connectivity index (χ3n) is 3.79. The van der Waals surface area contributed by atoms with Gasteiger partial charge in [0.1, 0.15) is 0 Å². The van der Waals surface area contributed by atoms with E-state index >= 15 is 0 Å². The van der Waals surface area contributed by atoms with E-state index < -0.39 is 0 Å². The molecule has 0 atom stereocenters. The predicted molar refractivity (Wildman–Crippen MR) is 78.1 cm³/mol. The van der Waals surface area contributed by atoms with E-state index in [-0.39, 0.29) is 0 Å². The average Bonchev–Trinajstić information content (AvgIpc) is 3.08. The molecule has 0 bridgehead atoms. The van der Waals surface area contributed by atoms with Crippen molar-refractivity contribution >= 4 is 11.6 Å². The molecule has 0 spiro atoms. The van der Waals surface area contributed by atoms with Gasteiger partial charge in [-0.15, -0.1) is 0 Å². The molecule has 100 valence electrons. The predicted octanol–water partition coefficient (Wildman–Crippen LogP) is 3.76. The van der Waals surface area contributed by atoms with Crippen molar-refractivity contribution < 1.29 is 0 Å². The van der Waals surface area contributed by atoms with Crippen LogP contribution in [0, 0.1) is 0 Å². The van der Waals surface area contributed by atoms with Gasteiger partial charge in [-0.25, -0.2) is 0 Å². The van der Waals surface area contributed by atoms with Crippen LogP contribution in [0.15, 0.2) is 30.5 Å². The highest BCUT2D eigenvalue weighted by Crippen LogP contribution is 2.24. The van der Waals surface area contributed by atoms with Crippen LogP contribution in [0.25, 0.3) is 11.3 Å². The van der Waals surface area contributed by atoms with Gasteiger partial charge >= 0.3 is 0 Å². The van der Waals surface area contributed by atoms with Crippen molar-refractivity contribution in [3.8, 4) is 11.3 Å². The number of nitrogens with zero attached hydrogens (tertiary/aromatic N) is 1. The summed E-state index contributed by atoms with van der Waals surface area (Å²) in [5.74, 6) is 0. The molecule has 1 aliphatic carbocycles. The molecule has 3 nitrogen and oxygen atoms in total. The molecule has 0 aliphatic heterocycles. The molecule has 0 unspecified atom stereocenters. The number of halogens is 1. The van der Waals surface area contributed by atoms with Gasteiger partial charge < -0.3 is 5.32 Å². The number of nitrogens with one attached hydrogen (secondary N) is 2. The van der Waals surface area contributed by atoms with Crippen molar-refractivity contribution in [1.82, 2.24) is 15.5 Å². The second kappa shape index (κ2) is 5.76. The Balaban J connectivity index is 1.72. The first kappa shape index (κ1) is 12.7. The number of aromatic amines is 1. The van der Waals surface area contributed by atoms with Crippen molar-refractivity contribution in [2.75, 3.05) is 0 Å². The third kappa shape index (κ3) is 2.99. The molecule has 1 fully saturated rings. The largest absolute Gasteiger partial charge is 0.310 e. The highest BCUT2D eigenvalue weighted by Gasteiger charge is 2.15. The maximum absolute atomic E-state index is 5.92. The molecule has 1 saturated carbocycles. The first-order chi connectivity index (χ1) is 9.33. The molecule has 0 radical (unpaired) electrons. The van der Waals surface area contributed by atoms with Crippen LogP contribution in [-0.2, 0) is 6.54 Å². The highest BCUT2D eigenvalue weighted by atomic mass is 35.5. The Morgan fingerprint density at radius 3 is 2.68 bits per heavy atom. The molecular formula is C15H18ClN3. The van der Waals surface area contributed by atoms with Crippen LogP contribution in [0.4, 0.5) is 0 Å². The van der Waals surface area contributed by atoms with Gasteiger partial charge in [-0.3, -0.25) is 5.10 Å². The fourth-order valence-corrected chi connectivity index (χ4v) is 2.82. The smallest absolute Gasteiger partial charge is 0.0695 e. The Morgan fingerprint density at radius 1 is 1.21 bits per heavy atom. The summed E-state index contributed by atoms with van der Waals surface area (Å²) in [7, 11) is 0. The molecular weight excluding hydrogens is 258 g/mol. The Hall–Kier alpha value is -1.32. The van der Waals surface area contributed by atoms with Gasteiger partial charge in [0, 0.05) is 23.2 Å². The topological polar surface area (TPSA) is 40.7 Å². The second-order valence-electron chi connectivity index (χ2n) is 5.14. The minimum absolute atomic E-state index is 0.674. The summed E-state index contributed by atoms with van der Waals surface area (Å²) in [6.45, 7) is 0.874. The zero-order valence-corrected chi connectivity index (χ0v) is 11.6. The monoisotopic (exact) mass is 275 g/mol. The number of benzene rings is 1. The number of aromatic nitrogens is 2. The fraction of sp³-hybridized carbons (Fsp3) is 0.400. The summed E-state index contributed by atoms with van der Waals surface area (Å²) < 4.78 is 0. The second-order valence-corrected chi connectivity index (χ2v) is 5.58. The number of H-pyrrole nitrogens is 1.